The fourth-order valence-corrected chi connectivity index (χ4v) is 1.39. The van der Waals surface area contributed by atoms with Crippen LogP contribution in [-0.2, 0) is 6.42 Å². The van der Waals surface area contributed by atoms with Gasteiger partial charge in [-0.3, -0.25) is 0 Å². The normalized spacial score (nSPS) is 13.2. The molecule has 1 atom stereocenters. The molecule has 0 fully saturated rings. The molecule has 1 aromatic carbocycles. The molecule has 0 saturated heterocycles. The van der Waals surface area contributed by atoms with Crippen molar-refractivity contribution in [2.45, 2.75) is 33.1 Å². The van der Waals surface area contributed by atoms with Gasteiger partial charge in [0.25, 0.3) is 0 Å². The van der Waals surface area contributed by atoms with E-state index in [0.29, 0.717) is 5.75 Å². The van der Waals surface area contributed by atoms with Gasteiger partial charge in [-0.2, -0.15) is 0 Å². The van der Waals surface area contributed by atoms with Crippen molar-refractivity contribution >= 4 is 0 Å². The molecule has 0 spiro atoms. The summed E-state index contributed by atoms with van der Waals surface area (Å²) in [4.78, 5) is 0. The number of aromatic hydroxyl groups is 1. The van der Waals surface area contributed by atoms with Gasteiger partial charge in [-0.05, 0) is 30.4 Å². The van der Waals surface area contributed by atoms with Crippen molar-refractivity contribution < 1.29 is 5.11 Å². The molecule has 1 nitrogen and oxygen atoms in total. The molecule has 15 heavy (non-hydrogen) atoms. The molecule has 0 radical (unpaired) electrons. The summed E-state index contributed by atoms with van der Waals surface area (Å²) in [6.07, 6.45) is 7.52. The Morgan fingerprint density at radius 1 is 1.27 bits per heavy atom. The molecular formula is C14H20O. The molecule has 1 aromatic rings. The van der Waals surface area contributed by atoms with E-state index in [2.05, 4.69) is 26.0 Å². The highest BCUT2D eigenvalue weighted by atomic mass is 16.3. The standard InChI is InChI=1S/C14H20O/c1-3-12(2)8-4-5-9-13-10-6-7-11-14(13)15/h4-7,10-12,15H,3,8-9H2,1-2H3/b5-4-. The summed E-state index contributed by atoms with van der Waals surface area (Å²) in [5.74, 6) is 1.15. The molecule has 1 unspecified atom stereocenters. The zero-order valence-electron chi connectivity index (χ0n) is 9.61. The number of allylic oxidation sites excluding steroid dienone is 2. The minimum atomic E-state index is 0.394. The Morgan fingerprint density at radius 3 is 2.67 bits per heavy atom. The van der Waals surface area contributed by atoms with Crippen LogP contribution in [-0.4, -0.2) is 5.11 Å². The van der Waals surface area contributed by atoms with E-state index in [4.69, 9.17) is 0 Å². The van der Waals surface area contributed by atoms with E-state index >= 15 is 0 Å². The highest BCUT2D eigenvalue weighted by Crippen LogP contribution is 2.16. The highest BCUT2D eigenvalue weighted by molar-refractivity contribution is 5.33. The second kappa shape index (κ2) is 6.28. The van der Waals surface area contributed by atoms with Crippen LogP contribution in [0.25, 0.3) is 0 Å². The molecule has 1 heteroatoms. The Hall–Kier alpha value is -1.24. The van der Waals surface area contributed by atoms with Crippen LogP contribution in [0.5, 0.6) is 5.75 Å². The molecule has 0 saturated carbocycles. The molecule has 1 rings (SSSR count). The van der Waals surface area contributed by atoms with Gasteiger partial charge in [-0.25, -0.2) is 0 Å². The van der Waals surface area contributed by atoms with Crippen LogP contribution in [0.15, 0.2) is 36.4 Å². The Kier molecular flexibility index (Phi) is 4.96. The van der Waals surface area contributed by atoms with Crippen molar-refractivity contribution in [2.24, 2.45) is 5.92 Å². The first-order chi connectivity index (χ1) is 7.24. The minimum absolute atomic E-state index is 0.394. The number of hydrogen-bond donors (Lipinski definition) is 1. The average molecular weight is 204 g/mol. The smallest absolute Gasteiger partial charge is 0.119 e. The summed E-state index contributed by atoms with van der Waals surface area (Å²) in [5, 5.41) is 9.53. The van der Waals surface area contributed by atoms with Crippen LogP contribution in [0, 0.1) is 5.92 Å². The van der Waals surface area contributed by atoms with E-state index < -0.39 is 0 Å². The Bertz CT molecular complexity index is 315. The molecule has 82 valence electrons. The van der Waals surface area contributed by atoms with Gasteiger partial charge in [-0.1, -0.05) is 50.6 Å². The zero-order chi connectivity index (χ0) is 11.1. The number of rotatable bonds is 5. The summed E-state index contributed by atoms with van der Waals surface area (Å²) in [7, 11) is 0. The molecule has 0 aliphatic rings. The lowest BCUT2D eigenvalue weighted by Crippen LogP contribution is -1.88. The van der Waals surface area contributed by atoms with Crippen LogP contribution in [0.3, 0.4) is 0 Å². The Morgan fingerprint density at radius 2 is 2.00 bits per heavy atom. The van der Waals surface area contributed by atoms with E-state index in [1.165, 1.54) is 6.42 Å². The first-order valence-electron chi connectivity index (χ1n) is 5.66. The number of phenols is 1. The number of phenolic OH excluding ortho intramolecular Hbond substituents is 1. The summed E-state index contributed by atoms with van der Waals surface area (Å²) in [5.41, 5.74) is 0.998. The molecule has 1 N–H and O–H groups in total. The number of benzene rings is 1. The Balaban J connectivity index is 2.40. The van der Waals surface area contributed by atoms with Gasteiger partial charge in [0.2, 0.25) is 0 Å². The summed E-state index contributed by atoms with van der Waals surface area (Å²) in [6, 6.07) is 7.50. The van der Waals surface area contributed by atoms with Crippen molar-refractivity contribution in [3.05, 3.63) is 42.0 Å². The van der Waals surface area contributed by atoms with Crippen LogP contribution in [0.2, 0.25) is 0 Å². The van der Waals surface area contributed by atoms with Gasteiger partial charge in [0.1, 0.15) is 5.75 Å². The summed E-state index contributed by atoms with van der Waals surface area (Å²) >= 11 is 0. The van der Waals surface area contributed by atoms with Crippen LogP contribution in [0.1, 0.15) is 32.3 Å². The predicted octanol–water partition coefficient (Wildman–Crippen LogP) is 3.93. The average Bonchev–Trinajstić information content (AvgIpc) is 2.26. The van der Waals surface area contributed by atoms with Gasteiger partial charge >= 0.3 is 0 Å². The Labute approximate surface area is 92.5 Å². The van der Waals surface area contributed by atoms with E-state index in [0.717, 1.165) is 24.3 Å². The fraction of sp³-hybridized carbons (Fsp3) is 0.429. The molecule has 0 bridgehead atoms. The fourth-order valence-electron chi connectivity index (χ4n) is 1.39. The maximum atomic E-state index is 9.53. The lowest BCUT2D eigenvalue weighted by atomic mass is 10.0. The van der Waals surface area contributed by atoms with E-state index in [-0.39, 0.29) is 0 Å². The van der Waals surface area contributed by atoms with Crippen molar-refractivity contribution in [1.29, 1.82) is 0 Å². The monoisotopic (exact) mass is 204 g/mol. The van der Waals surface area contributed by atoms with Gasteiger partial charge in [0.15, 0.2) is 0 Å². The largest absolute Gasteiger partial charge is 0.508 e. The predicted molar refractivity (Wildman–Crippen MR) is 65.0 cm³/mol. The second-order valence-electron chi connectivity index (χ2n) is 4.05. The van der Waals surface area contributed by atoms with Crippen molar-refractivity contribution in [1.82, 2.24) is 0 Å². The second-order valence-corrected chi connectivity index (χ2v) is 4.05. The summed E-state index contributed by atoms with van der Waals surface area (Å²) < 4.78 is 0. The topological polar surface area (TPSA) is 20.2 Å². The zero-order valence-corrected chi connectivity index (χ0v) is 9.61. The molecule has 0 amide bonds. The van der Waals surface area contributed by atoms with Crippen LogP contribution < -0.4 is 0 Å². The van der Waals surface area contributed by atoms with Gasteiger partial charge in [-0.15, -0.1) is 0 Å². The van der Waals surface area contributed by atoms with Crippen molar-refractivity contribution in [3.8, 4) is 5.75 Å². The maximum absolute atomic E-state index is 9.53. The van der Waals surface area contributed by atoms with E-state index in [1.54, 1.807) is 6.07 Å². The lowest BCUT2D eigenvalue weighted by molar-refractivity contribution is 0.469. The van der Waals surface area contributed by atoms with Gasteiger partial charge in [0, 0.05) is 0 Å². The number of para-hydroxylation sites is 1. The van der Waals surface area contributed by atoms with Crippen molar-refractivity contribution in [2.75, 3.05) is 0 Å². The maximum Gasteiger partial charge on any atom is 0.119 e. The highest BCUT2D eigenvalue weighted by Gasteiger charge is 1.96. The third-order valence-corrected chi connectivity index (χ3v) is 2.73. The molecular weight excluding hydrogens is 184 g/mol. The van der Waals surface area contributed by atoms with E-state index in [1.807, 2.05) is 18.2 Å². The van der Waals surface area contributed by atoms with Gasteiger partial charge < -0.3 is 5.11 Å². The molecule has 0 aromatic heterocycles. The molecule has 0 heterocycles. The van der Waals surface area contributed by atoms with Gasteiger partial charge in [0.05, 0.1) is 0 Å². The lowest BCUT2D eigenvalue weighted by Gasteiger charge is -2.03. The SMILES string of the molecule is CCC(C)C/C=C\Cc1ccccc1O. The minimum Gasteiger partial charge on any atom is -0.508 e. The van der Waals surface area contributed by atoms with Crippen LogP contribution in [0.4, 0.5) is 0 Å². The third-order valence-electron chi connectivity index (χ3n) is 2.73. The first-order valence-corrected chi connectivity index (χ1v) is 5.66. The molecule has 0 aliphatic carbocycles. The van der Waals surface area contributed by atoms with E-state index in [9.17, 15) is 5.11 Å². The molecule has 0 aliphatic heterocycles. The first kappa shape index (κ1) is 11.8. The summed E-state index contributed by atoms with van der Waals surface area (Å²) in [6.45, 7) is 4.46. The van der Waals surface area contributed by atoms with Crippen molar-refractivity contribution in [3.63, 3.8) is 0 Å². The third kappa shape index (κ3) is 4.20. The number of hydrogen-bond acceptors (Lipinski definition) is 1. The quantitative estimate of drug-likeness (QED) is 0.720. The van der Waals surface area contributed by atoms with Crippen LogP contribution >= 0.6 is 0 Å².